The fourth-order valence-corrected chi connectivity index (χ4v) is 4.72. The van der Waals surface area contributed by atoms with Crippen molar-refractivity contribution in [3.8, 4) is 0 Å². The molecular weight excluding hydrogens is 433 g/mol. The lowest BCUT2D eigenvalue weighted by Crippen LogP contribution is -2.56. The quantitative estimate of drug-likeness (QED) is 0.639. The van der Waals surface area contributed by atoms with E-state index < -0.39 is 17.2 Å². The third-order valence-corrected chi connectivity index (χ3v) is 6.70. The van der Waals surface area contributed by atoms with Crippen molar-refractivity contribution in [3.05, 3.63) is 65.2 Å². The Bertz CT molecular complexity index is 1010. The van der Waals surface area contributed by atoms with Gasteiger partial charge in [0.25, 0.3) is 0 Å². The van der Waals surface area contributed by atoms with Crippen LogP contribution < -0.4 is 4.90 Å². The number of hydrogen-bond acceptors (Lipinski definition) is 4. The van der Waals surface area contributed by atoms with Crippen molar-refractivity contribution in [1.82, 2.24) is 4.90 Å². The van der Waals surface area contributed by atoms with E-state index in [1.165, 1.54) is 13.0 Å². The van der Waals surface area contributed by atoms with E-state index in [0.29, 0.717) is 63.4 Å². The number of anilines is 1. The van der Waals surface area contributed by atoms with Gasteiger partial charge < -0.3 is 14.5 Å². The molecule has 2 aromatic rings. The molecule has 0 saturated carbocycles. The summed E-state index contributed by atoms with van der Waals surface area (Å²) in [5.74, 6) is -0.120. The van der Waals surface area contributed by atoms with Crippen molar-refractivity contribution in [1.29, 1.82) is 0 Å². The molecule has 0 aliphatic carbocycles. The summed E-state index contributed by atoms with van der Waals surface area (Å²) >= 11 is 0. The number of halogens is 3. The van der Waals surface area contributed by atoms with E-state index in [0.717, 1.165) is 17.8 Å². The second-order valence-corrected chi connectivity index (χ2v) is 8.66. The van der Waals surface area contributed by atoms with Crippen LogP contribution in [0.2, 0.25) is 0 Å². The molecule has 0 bridgehead atoms. The summed E-state index contributed by atoms with van der Waals surface area (Å²) in [6.45, 7) is 4.38. The average molecular weight is 460 g/mol. The van der Waals surface area contributed by atoms with Crippen LogP contribution in [0.5, 0.6) is 0 Å². The van der Waals surface area contributed by atoms with Crippen LogP contribution in [0.4, 0.5) is 18.9 Å². The highest BCUT2D eigenvalue weighted by Crippen LogP contribution is 2.40. The number of alkyl halides is 3. The van der Waals surface area contributed by atoms with Gasteiger partial charge in [0, 0.05) is 50.6 Å². The fraction of sp³-hybridized carbons (Fsp3) is 0.440. The number of ketones is 1. The third kappa shape index (κ3) is 4.76. The molecule has 2 heterocycles. The summed E-state index contributed by atoms with van der Waals surface area (Å²) in [7, 11) is 0. The first kappa shape index (κ1) is 23.3. The Morgan fingerprint density at radius 3 is 2.15 bits per heavy atom. The van der Waals surface area contributed by atoms with Gasteiger partial charge in [-0.3, -0.25) is 9.59 Å². The van der Waals surface area contributed by atoms with Gasteiger partial charge in [-0.1, -0.05) is 18.2 Å². The summed E-state index contributed by atoms with van der Waals surface area (Å²) in [4.78, 5) is 29.1. The minimum atomic E-state index is -4.46. The van der Waals surface area contributed by atoms with Crippen LogP contribution in [-0.4, -0.2) is 56.0 Å². The maximum atomic E-state index is 13.7. The summed E-state index contributed by atoms with van der Waals surface area (Å²) in [6, 6.07) is 12.6. The van der Waals surface area contributed by atoms with Crippen LogP contribution in [0.15, 0.2) is 48.5 Å². The van der Waals surface area contributed by atoms with Gasteiger partial charge >= 0.3 is 6.18 Å². The molecule has 176 valence electrons. The number of amides is 1. The predicted molar refractivity (Wildman–Crippen MR) is 118 cm³/mol. The number of benzene rings is 2. The van der Waals surface area contributed by atoms with Crippen LogP contribution in [0.1, 0.15) is 41.3 Å². The number of hydrogen-bond donors (Lipinski definition) is 0. The zero-order chi connectivity index (χ0) is 23.6. The molecule has 0 unspecified atom stereocenters. The molecule has 2 fully saturated rings. The Morgan fingerprint density at radius 2 is 1.58 bits per heavy atom. The first-order valence-corrected chi connectivity index (χ1v) is 11.1. The molecule has 0 spiro atoms. The largest absolute Gasteiger partial charge is 0.416 e. The van der Waals surface area contributed by atoms with Gasteiger partial charge in [0.05, 0.1) is 11.0 Å². The fourth-order valence-electron chi connectivity index (χ4n) is 4.72. The molecule has 2 aliphatic rings. The predicted octanol–water partition coefficient (Wildman–Crippen LogP) is 4.31. The molecule has 5 nitrogen and oxygen atoms in total. The number of rotatable bonds is 4. The second-order valence-electron chi connectivity index (χ2n) is 8.66. The Morgan fingerprint density at radius 1 is 0.939 bits per heavy atom. The number of piperazine rings is 1. The van der Waals surface area contributed by atoms with E-state index >= 15 is 0 Å². The van der Waals surface area contributed by atoms with Crippen LogP contribution >= 0.6 is 0 Å². The van der Waals surface area contributed by atoms with Crippen molar-refractivity contribution in [2.75, 3.05) is 44.3 Å². The maximum Gasteiger partial charge on any atom is 0.416 e. The Hall–Kier alpha value is -2.87. The first-order chi connectivity index (χ1) is 15.7. The van der Waals surface area contributed by atoms with Gasteiger partial charge in [0.2, 0.25) is 5.91 Å². The Balaban J connectivity index is 1.52. The number of Topliss-reactive ketones (excluding diaryl/α,β-unsaturated/α-hetero) is 1. The van der Waals surface area contributed by atoms with Crippen molar-refractivity contribution in [3.63, 3.8) is 0 Å². The second kappa shape index (κ2) is 9.17. The first-order valence-electron chi connectivity index (χ1n) is 11.1. The molecule has 8 heteroatoms. The average Bonchev–Trinajstić information content (AvgIpc) is 2.84. The third-order valence-electron chi connectivity index (χ3n) is 6.70. The van der Waals surface area contributed by atoms with E-state index in [9.17, 15) is 22.8 Å². The van der Waals surface area contributed by atoms with Gasteiger partial charge in [0.1, 0.15) is 0 Å². The monoisotopic (exact) mass is 460 g/mol. The zero-order valence-electron chi connectivity index (χ0n) is 18.5. The van der Waals surface area contributed by atoms with Crippen molar-refractivity contribution in [2.24, 2.45) is 0 Å². The minimum Gasteiger partial charge on any atom is -0.381 e. The van der Waals surface area contributed by atoms with Gasteiger partial charge in [-0.15, -0.1) is 0 Å². The Labute approximate surface area is 191 Å². The molecular formula is C25H27F3N2O3. The minimum absolute atomic E-state index is 0.00770. The van der Waals surface area contributed by atoms with E-state index in [1.807, 2.05) is 12.1 Å². The van der Waals surface area contributed by atoms with Crippen LogP contribution in [0.25, 0.3) is 0 Å². The highest BCUT2D eigenvalue weighted by Gasteiger charge is 2.45. The molecule has 33 heavy (non-hydrogen) atoms. The number of carbonyl (C=O) groups is 2. The maximum absolute atomic E-state index is 13.7. The molecule has 1 amide bonds. The van der Waals surface area contributed by atoms with Crippen LogP contribution in [0.3, 0.4) is 0 Å². The number of ether oxygens (including phenoxy) is 1. The number of carbonyl (C=O) groups excluding carboxylic acids is 2. The summed E-state index contributed by atoms with van der Waals surface area (Å²) in [5.41, 5.74) is 0.288. The molecule has 2 aliphatic heterocycles. The highest BCUT2D eigenvalue weighted by molar-refractivity contribution is 5.94. The van der Waals surface area contributed by atoms with Gasteiger partial charge in [-0.2, -0.15) is 13.2 Å². The smallest absolute Gasteiger partial charge is 0.381 e. The molecule has 4 rings (SSSR count). The van der Waals surface area contributed by atoms with Gasteiger partial charge in [-0.25, -0.2) is 0 Å². The number of nitrogens with zero attached hydrogens (tertiary/aromatic N) is 2. The van der Waals surface area contributed by atoms with Crippen molar-refractivity contribution in [2.45, 2.75) is 31.4 Å². The van der Waals surface area contributed by atoms with Crippen molar-refractivity contribution < 1.29 is 27.5 Å². The molecule has 0 radical (unpaired) electrons. The highest BCUT2D eigenvalue weighted by atomic mass is 19.4. The van der Waals surface area contributed by atoms with E-state index in [1.54, 1.807) is 23.1 Å². The SMILES string of the molecule is CC(=O)c1ccc(N2CCN(C(=O)C3(c4cccc(C(F)(F)F)c4)CCOCC3)CC2)cc1. The normalized spacial score (nSPS) is 18.8. The van der Waals surface area contributed by atoms with Gasteiger partial charge in [0.15, 0.2) is 5.78 Å². The lowest BCUT2D eigenvalue weighted by Gasteiger charge is -2.43. The zero-order valence-corrected chi connectivity index (χ0v) is 18.5. The lowest BCUT2D eigenvalue weighted by atomic mass is 9.72. The summed E-state index contributed by atoms with van der Waals surface area (Å²) in [5, 5.41) is 0. The molecule has 0 N–H and O–H groups in total. The van der Waals surface area contributed by atoms with Crippen molar-refractivity contribution >= 4 is 17.4 Å². The standard InChI is InChI=1S/C25H27F3N2O3/c1-18(31)19-5-7-22(8-6-19)29-11-13-30(14-12-29)23(32)24(9-15-33-16-10-24)20-3-2-4-21(17-20)25(26,27)28/h2-8,17H,9-16H2,1H3. The summed E-state index contributed by atoms with van der Waals surface area (Å²) in [6.07, 6.45) is -3.74. The van der Waals surface area contributed by atoms with Crippen LogP contribution in [-0.2, 0) is 21.1 Å². The topological polar surface area (TPSA) is 49.9 Å². The van der Waals surface area contributed by atoms with Gasteiger partial charge in [-0.05, 0) is 55.7 Å². The summed E-state index contributed by atoms with van der Waals surface area (Å²) < 4.78 is 45.5. The van der Waals surface area contributed by atoms with E-state index in [-0.39, 0.29) is 11.7 Å². The van der Waals surface area contributed by atoms with E-state index in [2.05, 4.69) is 4.90 Å². The molecule has 2 aromatic carbocycles. The van der Waals surface area contributed by atoms with E-state index in [4.69, 9.17) is 4.74 Å². The Kier molecular flexibility index (Phi) is 6.47. The lowest BCUT2D eigenvalue weighted by molar-refractivity contribution is -0.142. The molecule has 2 saturated heterocycles. The molecule has 0 atom stereocenters. The molecule has 0 aromatic heterocycles. The van der Waals surface area contributed by atoms with Crippen LogP contribution in [0, 0.1) is 0 Å².